The van der Waals surface area contributed by atoms with E-state index in [4.69, 9.17) is 0 Å². The first-order chi connectivity index (χ1) is 7.47. The van der Waals surface area contributed by atoms with E-state index in [1.165, 1.54) is 0 Å². The maximum absolute atomic E-state index is 11.7. The van der Waals surface area contributed by atoms with Crippen molar-refractivity contribution in [1.29, 1.82) is 0 Å². The van der Waals surface area contributed by atoms with Gasteiger partial charge in [-0.25, -0.2) is 0 Å². The van der Waals surface area contributed by atoms with Crippen molar-refractivity contribution >= 4 is 17.7 Å². The van der Waals surface area contributed by atoms with Gasteiger partial charge < -0.3 is 10.6 Å². The van der Waals surface area contributed by atoms with Crippen LogP contribution >= 0.6 is 11.8 Å². The highest BCUT2D eigenvalue weighted by molar-refractivity contribution is 7.98. The highest BCUT2D eigenvalue weighted by atomic mass is 32.2. The van der Waals surface area contributed by atoms with Gasteiger partial charge in [0.15, 0.2) is 0 Å². The van der Waals surface area contributed by atoms with E-state index in [0.29, 0.717) is 12.0 Å². The van der Waals surface area contributed by atoms with Crippen LogP contribution in [0.2, 0.25) is 0 Å². The lowest BCUT2D eigenvalue weighted by molar-refractivity contribution is -0.123. The Kier molecular flexibility index (Phi) is 8.76. The van der Waals surface area contributed by atoms with Gasteiger partial charge in [0.05, 0.1) is 6.04 Å². The van der Waals surface area contributed by atoms with E-state index in [2.05, 4.69) is 37.7 Å². The minimum absolute atomic E-state index is 0.101. The van der Waals surface area contributed by atoms with E-state index < -0.39 is 0 Å². The molecule has 0 aliphatic heterocycles. The van der Waals surface area contributed by atoms with Crippen molar-refractivity contribution in [3.63, 3.8) is 0 Å². The Morgan fingerprint density at radius 2 is 1.88 bits per heavy atom. The molecule has 0 aromatic rings. The van der Waals surface area contributed by atoms with E-state index in [1.54, 1.807) is 0 Å². The Balaban J connectivity index is 3.77. The second kappa shape index (κ2) is 8.88. The van der Waals surface area contributed by atoms with E-state index in [9.17, 15) is 4.79 Å². The van der Waals surface area contributed by atoms with Gasteiger partial charge in [-0.2, -0.15) is 11.8 Å². The monoisotopic (exact) mass is 246 g/mol. The summed E-state index contributed by atoms with van der Waals surface area (Å²) in [6.07, 6.45) is 3.20. The van der Waals surface area contributed by atoms with Crippen LogP contribution in [-0.2, 0) is 4.79 Å². The normalized spacial score (nSPS) is 14.9. The first kappa shape index (κ1) is 15.8. The van der Waals surface area contributed by atoms with E-state index in [0.717, 1.165) is 18.7 Å². The Morgan fingerprint density at radius 1 is 1.25 bits per heavy atom. The van der Waals surface area contributed by atoms with Crippen molar-refractivity contribution in [2.24, 2.45) is 5.92 Å². The number of amides is 1. The highest BCUT2D eigenvalue weighted by Crippen LogP contribution is 2.01. The minimum Gasteiger partial charge on any atom is -0.354 e. The molecule has 0 fully saturated rings. The molecule has 0 spiro atoms. The number of thioether (sulfide) groups is 1. The third-order valence-electron chi connectivity index (χ3n) is 2.37. The molecule has 0 aliphatic carbocycles. The fourth-order valence-corrected chi connectivity index (χ4v) is 1.93. The van der Waals surface area contributed by atoms with Gasteiger partial charge in [-0.3, -0.25) is 4.79 Å². The van der Waals surface area contributed by atoms with Gasteiger partial charge in [0.2, 0.25) is 5.91 Å². The third kappa shape index (κ3) is 7.99. The van der Waals surface area contributed by atoms with Gasteiger partial charge in [0, 0.05) is 12.6 Å². The number of rotatable bonds is 8. The second-order valence-electron chi connectivity index (χ2n) is 4.71. The maximum Gasteiger partial charge on any atom is 0.236 e. The molecule has 0 heterocycles. The van der Waals surface area contributed by atoms with Crippen LogP contribution in [-0.4, -0.2) is 36.5 Å². The molecule has 0 rings (SSSR count). The van der Waals surface area contributed by atoms with Crippen LogP contribution in [0.3, 0.4) is 0 Å². The van der Waals surface area contributed by atoms with E-state index in [1.807, 2.05) is 18.7 Å². The summed E-state index contributed by atoms with van der Waals surface area (Å²) in [4.78, 5) is 11.7. The molecule has 2 atom stereocenters. The zero-order valence-electron chi connectivity index (χ0n) is 11.2. The summed E-state index contributed by atoms with van der Waals surface area (Å²) in [6, 6.07) is 0.294. The smallest absolute Gasteiger partial charge is 0.236 e. The van der Waals surface area contributed by atoms with Crippen molar-refractivity contribution in [1.82, 2.24) is 10.6 Å². The molecule has 4 heteroatoms. The first-order valence-corrected chi connectivity index (χ1v) is 7.39. The summed E-state index contributed by atoms with van der Waals surface area (Å²) in [6.45, 7) is 9.00. The third-order valence-corrected chi connectivity index (χ3v) is 3.01. The Hall–Kier alpha value is -0.220. The molecular weight excluding hydrogens is 220 g/mol. The Morgan fingerprint density at radius 3 is 2.38 bits per heavy atom. The predicted octanol–water partition coefficient (Wildman–Crippen LogP) is 1.88. The molecule has 0 bridgehead atoms. The molecule has 0 saturated heterocycles. The molecule has 0 aromatic carbocycles. The molecule has 96 valence electrons. The van der Waals surface area contributed by atoms with Crippen molar-refractivity contribution in [3.8, 4) is 0 Å². The first-order valence-electron chi connectivity index (χ1n) is 6.00. The number of carbonyl (C=O) groups excluding carboxylic acids is 1. The Bertz CT molecular complexity index is 197. The van der Waals surface area contributed by atoms with Crippen molar-refractivity contribution in [2.45, 2.75) is 46.2 Å². The van der Waals surface area contributed by atoms with Crippen LogP contribution < -0.4 is 10.6 Å². The summed E-state index contributed by atoms with van der Waals surface area (Å²) in [5, 5.41) is 6.25. The number of nitrogens with one attached hydrogen (secondary N) is 2. The van der Waals surface area contributed by atoms with Crippen LogP contribution in [0.25, 0.3) is 0 Å². The largest absolute Gasteiger partial charge is 0.354 e. The van der Waals surface area contributed by atoms with Gasteiger partial charge in [-0.1, -0.05) is 13.8 Å². The average molecular weight is 246 g/mol. The topological polar surface area (TPSA) is 41.1 Å². The lowest BCUT2D eigenvalue weighted by atomic mass is 10.2. The summed E-state index contributed by atoms with van der Waals surface area (Å²) in [7, 11) is 0. The van der Waals surface area contributed by atoms with Gasteiger partial charge in [-0.15, -0.1) is 0 Å². The van der Waals surface area contributed by atoms with Crippen LogP contribution in [0, 0.1) is 5.92 Å². The zero-order valence-corrected chi connectivity index (χ0v) is 12.0. The summed E-state index contributed by atoms with van der Waals surface area (Å²) in [5.41, 5.74) is 0. The summed E-state index contributed by atoms with van der Waals surface area (Å²) in [5.74, 6) is 1.74. The van der Waals surface area contributed by atoms with E-state index in [-0.39, 0.29) is 11.9 Å². The molecule has 2 unspecified atom stereocenters. The van der Waals surface area contributed by atoms with Crippen LogP contribution in [0.4, 0.5) is 0 Å². The molecule has 3 nitrogen and oxygen atoms in total. The molecule has 0 saturated carbocycles. The predicted molar refractivity (Wildman–Crippen MR) is 72.9 cm³/mol. The number of carbonyl (C=O) groups is 1. The summed E-state index contributed by atoms with van der Waals surface area (Å²) >= 11 is 1.84. The van der Waals surface area contributed by atoms with Crippen molar-refractivity contribution in [3.05, 3.63) is 0 Å². The quantitative estimate of drug-likeness (QED) is 0.687. The van der Waals surface area contributed by atoms with Crippen molar-refractivity contribution < 1.29 is 4.79 Å². The Labute approximate surface area is 104 Å². The van der Waals surface area contributed by atoms with Crippen LogP contribution in [0.5, 0.6) is 0 Å². The lowest BCUT2D eigenvalue weighted by Crippen LogP contribution is -2.46. The SMILES string of the molecule is CSCCC(C)NC(C)C(=O)NCC(C)C. The van der Waals surface area contributed by atoms with Crippen molar-refractivity contribution in [2.75, 3.05) is 18.6 Å². The van der Waals surface area contributed by atoms with Crippen LogP contribution in [0.1, 0.15) is 34.1 Å². The molecule has 0 radical (unpaired) electrons. The lowest BCUT2D eigenvalue weighted by Gasteiger charge is -2.19. The van der Waals surface area contributed by atoms with Gasteiger partial charge >= 0.3 is 0 Å². The fourth-order valence-electron chi connectivity index (χ4n) is 1.34. The maximum atomic E-state index is 11.7. The molecule has 2 N–H and O–H groups in total. The fraction of sp³-hybridized carbons (Fsp3) is 0.917. The van der Waals surface area contributed by atoms with Gasteiger partial charge in [0.25, 0.3) is 0 Å². The number of hydrogen-bond acceptors (Lipinski definition) is 3. The molecular formula is C12H26N2OS. The van der Waals surface area contributed by atoms with E-state index >= 15 is 0 Å². The highest BCUT2D eigenvalue weighted by Gasteiger charge is 2.14. The number of hydrogen-bond donors (Lipinski definition) is 2. The summed E-state index contributed by atoms with van der Waals surface area (Å²) < 4.78 is 0. The minimum atomic E-state index is -0.101. The van der Waals surface area contributed by atoms with Gasteiger partial charge in [-0.05, 0) is 38.2 Å². The molecule has 16 heavy (non-hydrogen) atoms. The molecule has 0 aromatic heterocycles. The zero-order chi connectivity index (χ0) is 12.6. The molecule has 1 amide bonds. The standard InChI is InChI=1S/C12H26N2OS/c1-9(2)8-13-12(15)11(4)14-10(3)6-7-16-5/h9-11,14H,6-8H2,1-5H3,(H,13,15). The average Bonchev–Trinajstić information content (AvgIpc) is 2.22. The van der Waals surface area contributed by atoms with Crippen LogP contribution in [0.15, 0.2) is 0 Å². The second-order valence-corrected chi connectivity index (χ2v) is 5.70. The van der Waals surface area contributed by atoms with Gasteiger partial charge in [0.1, 0.15) is 0 Å². The molecule has 0 aliphatic rings.